The van der Waals surface area contributed by atoms with Crippen LogP contribution in [0.1, 0.15) is 83.6 Å². The predicted molar refractivity (Wildman–Crippen MR) is 145 cm³/mol. The third-order valence-electron chi connectivity index (χ3n) is 11.9. The topological polar surface area (TPSA) is 62.2 Å². The van der Waals surface area contributed by atoms with Crippen LogP contribution in [0.4, 0.5) is 0 Å². The molecule has 3 saturated carbocycles. The smallest absolute Gasteiger partial charge is 0.118 e. The quantitative estimate of drug-likeness (QED) is 0.500. The van der Waals surface area contributed by atoms with Gasteiger partial charge in [-0.2, -0.15) is 0 Å². The summed E-state index contributed by atoms with van der Waals surface area (Å²) in [6.07, 6.45) is 12.0. The van der Waals surface area contributed by atoms with E-state index in [0.717, 1.165) is 63.7 Å². The Kier molecular flexibility index (Phi) is 6.54. The summed E-state index contributed by atoms with van der Waals surface area (Å²) in [4.78, 5) is 2.52. The maximum atomic E-state index is 12.8. The molecule has 1 saturated heterocycles. The van der Waals surface area contributed by atoms with Crippen LogP contribution in [-0.2, 0) is 10.3 Å². The molecule has 4 aliphatic carbocycles. The Morgan fingerprint density at radius 2 is 1.70 bits per heavy atom. The van der Waals surface area contributed by atoms with Crippen LogP contribution in [0.25, 0.3) is 0 Å². The monoisotopic (exact) mass is 509 g/mol. The number of methoxy groups -OCH3 is 1. The van der Waals surface area contributed by atoms with Crippen molar-refractivity contribution in [2.45, 2.75) is 95.4 Å². The van der Waals surface area contributed by atoms with Gasteiger partial charge in [0.25, 0.3) is 0 Å². The van der Waals surface area contributed by atoms with Crippen molar-refractivity contribution in [3.8, 4) is 5.75 Å². The fourth-order valence-corrected chi connectivity index (χ4v) is 9.67. The molecule has 5 aliphatic rings. The van der Waals surface area contributed by atoms with Gasteiger partial charge in [0.2, 0.25) is 0 Å². The van der Waals surface area contributed by atoms with Crippen molar-refractivity contribution in [3.63, 3.8) is 0 Å². The van der Waals surface area contributed by atoms with E-state index in [1.54, 1.807) is 7.11 Å². The van der Waals surface area contributed by atoms with Crippen molar-refractivity contribution in [2.24, 2.45) is 22.7 Å². The van der Waals surface area contributed by atoms with Crippen LogP contribution >= 0.6 is 0 Å². The Labute approximate surface area is 223 Å². The second-order valence-corrected chi connectivity index (χ2v) is 13.2. The molecular formula is C32H47NO4. The van der Waals surface area contributed by atoms with Crippen LogP contribution in [0.3, 0.4) is 0 Å². The molecule has 0 spiro atoms. The molecule has 1 aliphatic heterocycles. The number of rotatable bonds is 6. The van der Waals surface area contributed by atoms with Crippen molar-refractivity contribution >= 4 is 0 Å². The molecule has 2 N–H and O–H groups in total. The second kappa shape index (κ2) is 9.36. The zero-order valence-corrected chi connectivity index (χ0v) is 23.2. The maximum Gasteiger partial charge on any atom is 0.118 e. The Morgan fingerprint density at radius 3 is 2.43 bits per heavy atom. The lowest BCUT2D eigenvalue weighted by Gasteiger charge is -2.63. The Balaban J connectivity index is 1.35. The summed E-state index contributed by atoms with van der Waals surface area (Å²) in [6, 6.07) is 8.48. The SMILES string of the molecule is COc1ccc([C@@]2(OCCN3CCCC3)CC[C@]3(O)[C@@H]4CCC5=C[C@@H](O)CC[C@]5(C)[C@H]4CC[C@]23C)cc1. The lowest BCUT2D eigenvalue weighted by Crippen LogP contribution is -2.64. The highest BCUT2D eigenvalue weighted by atomic mass is 16.5. The van der Waals surface area contributed by atoms with E-state index in [1.165, 1.54) is 37.1 Å². The molecule has 6 rings (SSSR count). The third kappa shape index (κ3) is 3.78. The van der Waals surface area contributed by atoms with E-state index >= 15 is 0 Å². The largest absolute Gasteiger partial charge is 0.497 e. The van der Waals surface area contributed by atoms with E-state index in [1.807, 2.05) is 0 Å². The van der Waals surface area contributed by atoms with Crippen molar-refractivity contribution in [1.82, 2.24) is 4.90 Å². The van der Waals surface area contributed by atoms with Crippen LogP contribution < -0.4 is 4.74 Å². The first-order chi connectivity index (χ1) is 17.8. The van der Waals surface area contributed by atoms with Gasteiger partial charge in [0, 0.05) is 12.0 Å². The summed E-state index contributed by atoms with van der Waals surface area (Å²) >= 11 is 0. The molecule has 0 bridgehead atoms. The third-order valence-corrected chi connectivity index (χ3v) is 11.9. The lowest BCUT2D eigenvalue weighted by molar-refractivity contribution is -0.235. The fourth-order valence-electron chi connectivity index (χ4n) is 9.67. The Bertz CT molecular complexity index is 1020. The summed E-state index contributed by atoms with van der Waals surface area (Å²) in [5.74, 6) is 1.59. The molecule has 0 aromatic heterocycles. The van der Waals surface area contributed by atoms with Crippen LogP contribution in [0, 0.1) is 22.7 Å². The number of aliphatic hydroxyl groups is 2. The molecule has 5 heteroatoms. The van der Waals surface area contributed by atoms with Crippen molar-refractivity contribution in [1.29, 1.82) is 0 Å². The number of aliphatic hydroxyl groups excluding tert-OH is 1. The van der Waals surface area contributed by atoms with Crippen LogP contribution in [0.2, 0.25) is 0 Å². The first-order valence-corrected chi connectivity index (χ1v) is 14.9. The number of hydrogen-bond acceptors (Lipinski definition) is 5. The van der Waals surface area contributed by atoms with Gasteiger partial charge >= 0.3 is 0 Å². The highest BCUT2D eigenvalue weighted by Gasteiger charge is 2.72. The van der Waals surface area contributed by atoms with E-state index in [0.29, 0.717) is 12.5 Å². The molecule has 1 aromatic rings. The molecule has 0 radical (unpaired) electrons. The minimum atomic E-state index is -0.756. The van der Waals surface area contributed by atoms with Gasteiger partial charge in [0.1, 0.15) is 11.4 Å². The molecule has 0 unspecified atom stereocenters. The van der Waals surface area contributed by atoms with Gasteiger partial charge in [-0.25, -0.2) is 0 Å². The zero-order chi connectivity index (χ0) is 25.9. The summed E-state index contributed by atoms with van der Waals surface area (Å²) in [5, 5.41) is 23.2. The van der Waals surface area contributed by atoms with Crippen LogP contribution in [-0.4, -0.2) is 60.2 Å². The molecule has 1 aromatic carbocycles. The predicted octanol–water partition coefficient (Wildman–Crippen LogP) is 5.44. The highest BCUT2D eigenvalue weighted by Crippen LogP contribution is 2.72. The van der Waals surface area contributed by atoms with Crippen molar-refractivity contribution in [3.05, 3.63) is 41.5 Å². The van der Waals surface area contributed by atoms with Gasteiger partial charge in [0.15, 0.2) is 0 Å². The number of benzene rings is 1. The standard InChI is InChI=1S/C32H47NO4/c1-29-14-12-25(34)22-24(29)8-11-28-27(29)13-15-30(2)31(28,35)16-17-32(30,23-6-9-26(36-3)10-7-23)37-21-20-33-18-4-5-19-33/h6-7,9-10,22,25,27-28,34-35H,4-5,8,11-21H2,1-3H3/t25-,27-,28+,29-,30-,31-,32-/m0/s1. The van der Waals surface area contributed by atoms with E-state index in [-0.39, 0.29) is 22.9 Å². The first-order valence-electron chi connectivity index (χ1n) is 14.9. The van der Waals surface area contributed by atoms with Gasteiger partial charge in [-0.15, -0.1) is 0 Å². The average molecular weight is 510 g/mol. The minimum Gasteiger partial charge on any atom is -0.497 e. The number of likely N-dealkylation sites (tertiary alicyclic amines) is 1. The first kappa shape index (κ1) is 25.9. The van der Waals surface area contributed by atoms with Gasteiger partial charge in [-0.05, 0) is 112 Å². The number of hydrogen-bond donors (Lipinski definition) is 2. The summed E-state index contributed by atoms with van der Waals surface area (Å²) in [5.41, 5.74) is 1.12. The van der Waals surface area contributed by atoms with Gasteiger partial charge in [-0.1, -0.05) is 37.6 Å². The molecule has 1 heterocycles. The summed E-state index contributed by atoms with van der Waals surface area (Å²) in [7, 11) is 1.71. The second-order valence-electron chi connectivity index (χ2n) is 13.2. The van der Waals surface area contributed by atoms with E-state index < -0.39 is 11.2 Å². The molecule has 0 amide bonds. The van der Waals surface area contributed by atoms with E-state index in [2.05, 4.69) is 49.1 Å². The van der Waals surface area contributed by atoms with Gasteiger partial charge < -0.3 is 24.6 Å². The molecule has 5 nitrogen and oxygen atoms in total. The average Bonchev–Trinajstić information content (AvgIpc) is 3.50. The Morgan fingerprint density at radius 1 is 0.946 bits per heavy atom. The highest BCUT2D eigenvalue weighted by molar-refractivity contribution is 5.38. The molecule has 37 heavy (non-hydrogen) atoms. The molecule has 7 atom stereocenters. The number of allylic oxidation sites excluding steroid dienone is 1. The van der Waals surface area contributed by atoms with Crippen LogP contribution in [0.15, 0.2) is 35.9 Å². The molecular weight excluding hydrogens is 462 g/mol. The fraction of sp³-hybridized carbons (Fsp3) is 0.750. The lowest BCUT2D eigenvalue weighted by atomic mass is 9.44. The summed E-state index contributed by atoms with van der Waals surface area (Å²) < 4.78 is 12.6. The molecule has 204 valence electrons. The van der Waals surface area contributed by atoms with Crippen molar-refractivity contribution in [2.75, 3.05) is 33.4 Å². The Hall–Kier alpha value is -1.40. The normalized spacial score (nSPS) is 43.6. The van der Waals surface area contributed by atoms with Gasteiger partial charge in [-0.3, -0.25) is 0 Å². The van der Waals surface area contributed by atoms with E-state index in [4.69, 9.17) is 9.47 Å². The summed E-state index contributed by atoms with van der Waals surface area (Å²) in [6.45, 7) is 8.78. The number of nitrogens with zero attached hydrogens (tertiary/aromatic N) is 1. The zero-order valence-electron chi connectivity index (χ0n) is 23.2. The van der Waals surface area contributed by atoms with E-state index in [9.17, 15) is 10.2 Å². The number of ether oxygens (including phenoxy) is 2. The van der Waals surface area contributed by atoms with Crippen LogP contribution in [0.5, 0.6) is 5.75 Å². The van der Waals surface area contributed by atoms with Gasteiger partial charge in [0.05, 0.1) is 25.4 Å². The van der Waals surface area contributed by atoms with Crippen molar-refractivity contribution < 1.29 is 19.7 Å². The number of fused-ring (bicyclic) bond motifs is 5. The minimum absolute atomic E-state index is 0.0984. The maximum absolute atomic E-state index is 12.8. The molecule has 4 fully saturated rings.